The van der Waals surface area contributed by atoms with Gasteiger partial charge < -0.3 is 4.42 Å². The fourth-order valence-electron chi connectivity index (χ4n) is 1.89. The maximum absolute atomic E-state index is 9.05. The third-order valence-electron chi connectivity index (χ3n) is 2.58. The summed E-state index contributed by atoms with van der Waals surface area (Å²) in [7, 11) is 0. The smallest absolute Gasteiger partial charge is 0.141 e. The normalized spacial score (nSPS) is 10.6. The van der Waals surface area contributed by atoms with E-state index in [0.717, 1.165) is 21.7 Å². The maximum Gasteiger partial charge on any atom is 0.141 e. The largest absolute Gasteiger partial charge is 0.464 e. The first-order valence-electron chi connectivity index (χ1n) is 4.69. The summed E-state index contributed by atoms with van der Waals surface area (Å²) in [5.74, 6) is 0. The summed E-state index contributed by atoms with van der Waals surface area (Å²) >= 11 is 0. The van der Waals surface area contributed by atoms with Crippen molar-refractivity contribution in [2.45, 2.75) is 0 Å². The first-order chi connectivity index (χ1) is 7.40. The molecule has 2 aromatic carbocycles. The second-order valence-electron chi connectivity index (χ2n) is 3.42. The molecule has 0 saturated carbocycles. The Balaban J connectivity index is 2.66. The Morgan fingerprint density at radius 3 is 2.67 bits per heavy atom. The Bertz CT molecular complexity index is 688. The molecule has 0 bridgehead atoms. The lowest BCUT2D eigenvalue weighted by Crippen LogP contribution is -1.79. The molecule has 0 amide bonds. The van der Waals surface area contributed by atoms with Gasteiger partial charge in [-0.2, -0.15) is 5.26 Å². The zero-order valence-corrected chi connectivity index (χ0v) is 7.90. The molecule has 2 nitrogen and oxygen atoms in total. The molecule has 3 aromatic rings. The third-order valence-corrected chi connectivity index (χ3v) is 2.58. The van der Waals surface area contributed by atoms with Crippen molar-refractivity contribution in [3.8, 4) is 6.07 Å². The van der Waals surface area contributed by atoms with E-state index in [9.17, 15) is 0 Å². The van der Waals surface area contributed by atoms with E-state index in [0.29, 0.717) is 5.56 Å². The van der Waals surface area contributed by atoms with Crippen LogP contribution < -0.4 is 0 Å². The fourth-order valence-corrected chi connectivity index (χ4v) is 1.89. The van der Waals surface area contributed by atoms with Crippen LogP contribution in [-0.4, -0.2) is 0 Å². The molecule has 3 rings (SSSR count). The molecule has 0 aliphatic heterocycles. The van der Waals surface area contributed by atoms with Gasteiger partial charge in [0.1, 0.15) is 5.58 Å². The minimum absolute atomic E-state index is 0.694. The summed E-state index contributed by atoms with van der Waals surface area (Å²) in [6.45, 7) is 0. The van der Waals surface area contributed by atoms with E-state index < -0.39 is 0 Å². The van der Waals surface area contributed by atoms with Crippen molar-refractivity contribution >= 4 is 21.7 Å². The third kappa shape index (κ3) is 1.04. The highest BCUT2D eigenvalue weighted by atomic mass is 16.3. The predicted octanol–water partition coefficient (Wildman–Crippen LogP) is 3.46. The van der Waals surface area contributed by atoms with Gasteiger partial charge in [-0.3, -0.25) is 0 Å². The molecule has 0 N–H and O–H groups in total. The summed E-state index contributed by atoms with van der Waals surface area (Å²) < 4.78 is 5.42. The summed E-state index contributed by atoms with van der Waals surface area (Å²) in [6, 6.07) is 13.7. The monoisotopic (exact) mass is 193 g/mol. The molecule has 0 aliphatic rings. The average Bonchev–Trinajstić information content (AvgIpc) is 2.76. The zero-order chi connectivity index (χ0) is 10.3. The Labute approximate surface area is 86.3 Å². The standard InChI is InChI=1S/C13H7NO/c14-8-10-7-9-5-6-15-13(9)12-4-2-1-3-11(10)12/h1-7H. The Hall–Kier alpha value is -2.27. The van der Waals surface area contributed by atoms with E-state index in [-0.39, 0.29) is 0 Å². The minimum Gasteiger partial charge on any atom is -0.464 e. The molecule has 0 atom stereocenters. The number of fused-ring (bicyclic) bond motifs is 3. The van der Waals surface area contributed by atoms with Gasteiger partial charge in [0.25, 0.3) is 0 Å². The van der Waals surface area contributed by atoms with Gasteiger partial charge in [0.15, 0.2) is 0 Å². The Kier molecular flexibility index (Phi) is 1.54. The summed E-state index contributed by atoms with van der Waals surface area (Å²) in [5, 5.41) is 12.0. The Morgan fingerprint density at radius 2 is 1.87 bits per heavy atom. The van der Waals surface area contributed by atoms with Crippen molar-refractivity contribution in [2.24, 2.45) is 0 Å². The molecule has 2 heteroatoms. The lowest BCUT2D eigenvalue weighted by Gasteiger charge is -2.00. The van der Waals surface area contributed by atoms with Crippen molar-refractivity contribution in [2.75, 3.05) is 0 Å². The minimum atomic E-state index is 0.694. The van der Waals surface area contributed by atoms with E-state index in [1.807, 2.05) is 36.4 Å². The number of rotatable bonds is 0. The van der Waals surface area contributed by atoms with E-state index in [1.165, 1.54) is 0 Å². The number of nitriles is 1. The quantitative estimate of drug-likeness (QED) is 0.548. The number of nitrogens with zero attached hydrogens (tertiary/aromatic N) is 1. The van der Waals surface area contributed by atoms with Crippen LogP contribution in [0.5, 0.6) is 0 Å². The zero-order valence-electron chi connectivity index (χ0n) is 7.90. The van der Waals surface area contributed by atoms with Crippen LogP contribution in [0.1, 0.15) is 5.56 Å². The van der Waals surface area contributed by atoms with Crippen LogP contribution in [0.3, 0.4) is 0 Å². The van der Waals surface area contributed by atoms with Gasteiger partial charge in [0.05, 0.1) is 17.9 Å². The lowest BCUT2D eigenvalue weighted by atomic mass is 10.0. The first-order valence-corrected chi connectivity index (χ1v) is 4.69. The predicted molar refractivity (Wildman–Crippen MR) is 58.4 cm³/mol. The van der Waals surface area contributed by atoms with Crippen LogP contribution in [0, 0.1) is 11.3 Å². The molecule has 15 heavy (non-hydrogen) atoms. The topological polar surface area (TPSA) is 36.9 Å². The molecule has 70 valence electrons. The number of hydrogen-bond acceptors (Lipinski definition) is 2. The second-order valence-corrected chi connectivity index (χ2v) is 3.42. The highest BCUT2D eigenvalue weighted by molar-refractivity contribution is 6.06. The first kappa shape index (κ1) is 8.07. The molecule has 0 spiro atoms. The average molecular weight is 193 g/mol. The van der Waals surface area contributed by atoms with Gasteiger partial charge in [-0.15, -0.1) is 0 Å². The maximum atomic E-state index is 9.05. The Morgan fingerprint density at radius 1 is 1.07 bits per heavy atom. The fraction of sp³-hybridized carbons (Fsp3) is 0. The SMILES string of the molecule is N#Cc1cc2ccoc2c2ccccc12. The van der Waals surface area contributed by atoms with Crippen molar-refractivity contribution in [3.05, 3.63) is 48.2 Å². The lowest BCUT2D eigenvalue weighted by molar-refractivity contribution is 0.619. The van der Waals surface area contributed by atoms with Gasteiger partial charge >= 0.3 is 0 Å². The summed E-state index contributed by atoms with van der Waals surface area (Å²) in [6.07, 6.45) is 1.65. The van der Waals surface area contributed by atoms with Crippen molar-refractivity contribution in [3.63, 3.8) is 0 Å². The van der Waals surface area contributed by atoms with Crippen LogP contribution in [0.4, 0.5) is 0 Å². The molecule has 0 radical (unpaired) electrons. The van der Waals surface area contributed by atoms with Crippen LogP contribution in [0.15, 0.2) is 47.1 Å². The van der Waals surface area contributed by atoms with Gasteiger partial charge in [0.2, 0.25) is 0 Å². The van der Waals surface area contributed by atoms with Gasteiger partial charge in [0, 0.05) is 16.2 Å². The van der Waals surface area contributed by atoms with Crippen molar-refractivity contribution < 1.29 is 4.42 Å². The highest BCUT2D eigenvalue weighted by Crippen LogP contribution is 2.28. The molecular weight excluding hydrogens is 186 g/mol. The van der Waals surface area contributed by atoms with Gasteiger partial charge in [-0.1, -0.05) is 24.3 Å². The second kappa shape index (κ2) is 2.86. The van der Waals surface area contributed by atoms with Crippen LogP contribution in [-0.2, 0) is 0 Å². The molecule has 1 heterocycles. The molecule has 1 aromatic heterocycles. The molecular formula is C13H7NO. The number of furan rings is 1. The van der Waals surface area contributed by atoms with Gasteiger partial charge in [-0.05, 0) is 12.1 Å². The summed E-state index contributed by atoms with van der Waals surface area (Å²) in [4.78, 5) is 0. The number of hydrogen-bond donors (Lipinski definition) is 0. The number of benzene rings is 2. The highest BCUT2D eigenvalue weighted by Gasteiger charge is 2.07. The van der Waals surface area contributed by atoms with E-state index >= 15 is 0 Å². The van der Waals surface area contributed by atoms with Crippen LogP contribution >= 0.6 is 0 Å². The molecule has 0 aliphatic carbocycles. The van der Waals surface area contributed by atoms with Crippen molar-refractivity contribution in [1.82, 2.24) is 0 Å². The molecule has 0 fully saturated rings. The van der Waals surface area contributed by atoms with Crippen molar-refractivity contribution in [1.29, 1.82) is 5.26 Å². The summed E-state index contributed by atoms with van der Waals surface area (Å²) in [5.41, 5.74) is 1.55. The van der Waals surface area contributed by atoms with Gasteiger partial charge in [-0.25, -0.2) is 0 Å². The molecule has 0 unspecified atom stereocenters. The van der Waals surface area contributed by atoms with Crippen LogP contribution in [0.2, 0.25) is 0 Å². The molecule has 0 saturated heterocycles. The van der Waals surface area contributed by atoms with E-state index in [1.54, 1.807) is 6.26 Å². The van der Waals surface area contributed by atoms with E-state index in [2.05, 4.69) is 6.07 Å². The van der Waals surface area contributed by atoms with Crippen LogP contribution in [0.25, 0.3) is 21.7 Å². The van der Waals surface area contributed by atoms with E-state index in [4.69, 9.17) is 9.68 Å².